The van der Waals surface area contributed by atoms with Crippen LogP contribution >= 0.6 is 11.8 Å². The average molecular weight is 529 g/mol. The van der Waals surface area contributed by atoms with E-state index in [4.69, 9.17) is 0 Å². The minimum absolute atomic E-state index is 0.166. The quantitative estimate of drug-likeness (QED) is 0.385. The molecular formula is C26H27F3N6OS. The van der Waals surface area contributed by atoms with Gasteiger partial charge in [0.15, 0.2) is 0 Å². The van der Waals surface area contributed by atoms with Crippen molar-refractivity contribution in [3.05, 3.63) is 76.9 Å². The largest absolute Gasteiger partial charge is 0.417 e. The fourth-order valence-electron chi connectivity index (χ4n) is 3.85. The van der Waals surface area contributed by atoms with Crippen molar-refractivity contribution >= 4 is 45.8 Å². The van der Waals surface area contributed by atoms with Gasteiger partial charge in [0.25, 0.3) is 5.91 Å². The standard InChI is InChI=1S/C26H27F3N6OS/c1-16(26(27,28)29)24-20-7-4-8-23(34-22-9-11-30-15-37-17(22)2)21(20)12-19(33-24)6-5-10-31-25(36)18-13-32-35(3)14-18/h4-8,12-14,30,34H,1,9-11,15H2,2-3H3,(H,31,36)/b6-5+. The maximum atomic E-state index is 13.7. The number of hydrogen-bond donors (Lipinski definition) is 3. The summed E-state index contributed by atoms with van der Waals surface area (Å²) in [7, 11) is 1.71. The van der Waals surface area contributed by atoms with Crippen LogP contribution in [-0.2, 0) is 7.05 Å². The zero-order valence-electron chi connectivity index (χ0n) is 20.4. The topological polar surface area (TPSA) is 83.9 Å². The van der Waals surface area contributed by atoms with Crippen molar-refractivity contribution in [2.24, 2.45) is 7.05 Å². The lowest BCUT2D eigenvalue weighted by Crippen LogP contribution is -2.22. The first kappa shape index (κ1) is 26.5. The van der Waals surface area contributed by atoms with E-state index in [0.29, 0.717) is 27.7 Å². The summed E-state index contributed by atoms with van der Waals surface area (Å²) in [4.78, 5) is 17.6. The van der Waals surface area contributed by atoms with Crippen LogP contribution in [0, 0.1) is 0 Å². The second-order valence-corrected chi connectivity index (χ2v) is 9.68. The predicted octanol–water partition coefficient (Wildman–Crippen LogP) is 5.31. The van der Waals surface area contributed by atoms with Crippen LogP contribution in [0.5, 0.6) is 0 Å². The Morgan fingerprint density at radius 3 is 2.86 bits per heavy atom. The molecule has 194 valence electrons. The average Bonchev–Trinajstić information content (AvgIpc) is 3.20. The van der Waals surface area contributed by atoms with Gasteiger partial charge in [-0.25, -0.2) is 4.98 Å². The molecule has 3 N–H and O–H groups in total. The van der Waals surface area contributed by atoms with Crippen molar-refractivity contribution in [3.63, 3.8) is 0 Å². The van der Waals surface area contributed by atoms with E-state index in [1.807, 2.05) is 13.0 Å². The SMILES string of the molecule is C=C(c1nc(/C=C/CNC(=O)c2cnn(C)c2)cc2c(NC3=C(C)SCNCC3)cccc12)C(F)(F)F. The second-order valence-electron chi connectivity index (χ2n) is 8.49. The number of nitrogens with zero attached hydrogens (tertiary/aromatic N) is 3. The van der Waals surface area contributed by atoms with E-state index in [9.17, 15) is 18.0 Å². The highest BCUT2D eigenvalue weighted by Crippen LogP contribution is 2.38. The number of carbonyl (C=O) groups excluding carboxylic acids is 1. The van der Waals surface area contributed by atoms with E-state index in [1.165, 1.54) is 10.9 Å². The first-order valence-corrected chi connectivity index (χ1v) is 12.6. The number of halogens is 3. The molecule has 0 saturated carbocycles. The van der Waals surface area contributed by atoms with Crippen LogP contribution in [0.1, 0.15) is 35.1 Å². The zero-order chi connectivity index (χ0) is 26.6. The Balaban J connectivity index is 1.67. The Labute approximate surface area is 216 Å². The maximum absolute atomic E-state index is 13.7. The van der Waals surface area contributed by atoms with Crippen LogP contribution in [0.4, 0.5) is 18.9 Å². The number of pyridine rings is 1. The fraction of sp³-hybridized carbons (Fsp3) is 0.269. The number of thioether (sulfide) groups is 1. The lowest BCUT2D eigenvalue weighted by Gasteiger charge is -2.17. The van der Waals surface area contributed by atoms with Gasteiger partial charge in [-0.1, -0.05) is 24.8 Å². The van der Waals surface area contributed by atoms with Crippen molar-refractivity contribution in [2.45, 2.75) is 19.5 Å². The van der Waals surface area contributed by atoms with Crippen molar-refractivity contribution in [3.8, 4) is 0 Å². The molecule has 0 saturated heterocycles. The number of carbonyl (C=O) groups is 1. The van der Waals surface area contributed by atoms with Crippen molar-refractivity contribution in [2.75, 3.05) is 24.3 Å². The Kier molecular flexibility index (Phi) is 8.03. The van der Waals surface area contributed by atoms with E-state index < -0.39 is 11.7 Å². The Morgan fingerprint density at radius 2 is 2.14 bits per heavy atom. The van der Waals surface area contributed by atoms with E-state index in [-0.39, 0.29) is 18.1 Å². The zero-order valence-corrected chi connectivity index (χ0v) is 21.3. The Morgan fingerprint density at radius 1 is 1.32 bits per heavy atom. The molecule has 0 bridgehead atoms. The molecule has 1 amide bonds. The lowest BCUT2D eigenvalue weighted by atomic mass is 10.0. The van der Waals surface area contributed by atoms with E-state index in [1.54, 1.807) is 55.4 Å². The molecule has 11 heteroatoms. The molecule has 0 unspecified atom stereocenters. The summed E-state index contributed by atoms with van der Waals surface area (Å²) >= 11 is 1.68. The van der Waals surface area contributed by atoms with E-state index >= 15 is 0 Å². The molecule has 0 spiro atoms. The number of aryl methyl sites for hydroxylation is 1. The third-order valence-electron chi connectivity index (χ3n) is 5.81. The highest BCUT2D eigenvalue weighted by Gasteiger charge is 2.35. The second kappa shape index (κ2) is 11.2. The number of rotatable bonds is 7. The molecule has 7 nitrogen and oxygen atoms in total. The molecule has 1 aliphatic heterocycles. The van der Waals surface area contributed by atoms with Gasteiger partial charge in [0, 0.05) is 65.7 Å². The van der Waals surface area contributed by atoms with Gasteiger partial charge in [0.1, 0.15) is 0 Å². The number of benzene rings is 1. The molecule has 1 aliphatic rings. The number of allylic oxidation sites excluding steroid dienone is 2. The van der Waals surface area contributed by atoms with E-state index in [0.717, 1.165) is 29.4 Å². The summed E-state index contributed by atoms with van der Waals surface area (Å²) in [6.07, 6.45) is 2.40. The van der Waals surface area contributed by atoms with Crippen LogP contribution in [-0.4, -0.2) is 45.8 Å². The third kappa shape index (κ3) is 6.41. The van der Waals surface area contributed by atoms with Gasteiger partial charge in [0.05, 0.1) is 28.7 Å². The summed E-state index contributed by atoms with van der Waals surface area (Å²) in [6, 6.07) is 6.91. The highest BCUT2D eigenvalue weighted by atomic mass is 32.2. The number of aromatic nitrogens is 3. The number of alkyl halides is 3. The van der Waals surface area contributed by atoms with E-state index in [2.05, 4.69) is 32.6 Å². The number of hydrogen-bond acceptors (Lipinski definition) is 6. The van der Waals surface area contributed by atoms with Gasteiger partial charge in [0.2, 0.25) is 0 Å². The lowest BCUT2D eigenvalue weighted by molar-refractivity contribution is -0.0688. The number of nitrogens with one attached hydrogen (secondary N) is 3. The molecule has 0 radical (unpaired) electrons. The third-order valence-corrected chi connectivity index (χ3v) is 6.84. The predicted molar refractivity (Wildman–Crippen MR) is 143 cm³/mol. The van der Waals surface area contributed by atoms with Crippen molar-refractivity contribution < 1.29 is 18.0 Å². The summed E-state index contributed by atoms with van der Waals surface area (Å²) < 4.78 is 42.6. The smallest absolute Gasteiger partial charge is 0.358 e. The monoisotopic (exact) mass is 528 g/mol. The summed E-state index contributed by atoms with van der Waals surface area (Å²) in [5.74, 6) is 0.499. The first-order valence-electron chi connectivity index (χ1n) is 11.6. The summed E-state index contributed by atoms with van der Waals surface area (Å²) in [5.41, 5.74) is 1.20. The van der Waals surface area contributed by atoms with Gasteiger partial charge in [-0.05, 0) is 25.1 Å². The Bertz CT molecular complexity index is 1390. The van der Waals surface area contributed by atoms with Gasteiger partial charge >= 0.3 is 6.18 Å². The van der Waals surface area contributed by atoms with Crippen LogP contribution in [0.3, 0.4) is 0 Å². The molecule has 37 heavy (non-hydrogen) atoms. The van der Waals surface area contributed by atoms with Gasteiger partial charge in [-0.15, -0.1) is 11.8 Å². The fourth-order valence-corrected chi connectivity index (χ4v) is 4.64. The van der Waals surface area contributed by atoms with Crippen LogP contribution in [0.15, 0.2) is 59.9 Å². The number of amides is 1. The van der Waals surface area contributed by atoms with Gasteiger partial charge < -0.3 is 16.0 Å². The molecule has 0 atom stereocenters. The molecule has 0 aliphatic carbocycles. The molecule has 4 rings (SSSR count). The van der Waals surface area contributed by atoms with Gasteiger partial charge in [-0.3, -0.25) is 9.48 Å². The maximum Gasteiger partial charge on any atom is 0.417 e. The minimum Gasteiger partial charge on any atom is -0.358 e. The normalized spacial score (nSPS) is 14.7. The van der Waals surface area contributed by atoms with Crippen LogP contribution in [0.2, 0.25) is 0 Å². The minimum atomic E-state index is -4.63. The van der Waals surface area contributed by atoms with Crippen LogP contribution in [0.25, 0.3) is 22.4 Å². The summed E-state index contributed by atoms with van der Waals surface area (Å²) in [5, 5.41) is 14.4. The highest BCUT2D eigenvalue weighted by molar-refractivity contribution is 8.03. The summed E-state index contributed by atoms with van der Waals surface area (Å²) in [6.45, 7) is 6.29. The molecule has 2 aromatic heterocycles. The molecule has 3 heterocycles. The number of fused-ring (bicyclic) bond motifs is 1. The molecule has 1 aromatic carbocycles. The van der Waals surface area contributed by atoms with Crippen LogP contribution < -0.4 is 16.0 Å². The van der Waals surface area contributed by atoms with Gasteiger partial charge in [-0.2, -0.15) is 18.3 Å². The molecular weight excluding hydrogens is 501 g/mol. The molecule has 0 fully saturated rings. The van der Waals surface area contributed by atoms with Crippen molar-refractivity contribution in [1.82, 2.24) is 25.4 Å². The first-order chi connectivity index (χ1) is 17.6. The molecule has 3 aromatic rings. The number of anilines is 1. The van der Waals surface area contributed by atoms with Crippen molar-refractivity contribution in [1.29, 1.82) is 0 Å². The Hall–Kier alpha value is -3.57.